The molecule has 3 nitrogen and oxygen atoms in total. The first-order chi connectivity index (χ1) is 7.22. The third-order valence-corrected chi connectivity index (χ3v) is 4.45. The monoisotopic (exact) mass is 337 g/mol. The molecule has 1 aromatic rings. The summed E-state index contributed by atoms with van der Waals surface area (Å²) in [5.41, 5.74) is 0.754. The molecule has 1 saturated heterocycles. The second kappa shape index (κ2) is 4.80. The standard InChI is InChI=1S/C10H12INO2S/c11-9-4-7(6-15-9)10(14)12-3-1-2-8(12)5-13/h4,6,8,13H,1-3,5H2/t8-/m0/s1. The molecule has 1 aromatic heterocycles. The van der Waals surface area contributed by atoms with Crippen molar-refractivity contribution in [1.82, 2.24) is 4.90 Å². The quantitative estimate of drug-likeness (QED) is 0.838. The molecular weight excluding hydrogens is 325 g/mol. The van der Waals surface area contributed by atoms with Gasteiger partial charge >= 0.3 is 0 Å². The number of rotatable bonds is 2. The molecule has 1 aliphatic rings. The number of hydrogen-bond acceptors (Lipinski definition) is 3. The molecule has 82 valence electrons. The van der Waals surface area contributed by atoms with Gasteiger partial charge in [0.1, 0.15) is 0 Å². The Kier molecular flexibility index (Phi) is 3.63. The molecular formula is C10H12INO2S. The van der Waals surface area contributed by atoms with Gasteiger partial charge in [-0.05, 0) is 41.5 Å². The Labute approximate surface area is 106 Å². The molecule has 1 fully saturated rings. The number of aliphatic hydroxyl groups excluding tert-OH is 1. The Morgan fingerprint density at radius 3 is 3.13 bits per heavy atom. The maximum Gasteiger partial charge on any atom is 0.255 e. The predicted molar refractivity (Wildman–Crippen MR) is 68.2 cm³/mol. The van der Waals surface area contributed by atoms with Crippen LogP contribution in [0.4, 0.5) is 0 Å². The Morgan fingerprint density at radius 1 is 1.73 bits per heavy atom. The van der Waals surface area contributed by atoms with Crippen LogP contribution in [0.1, 0.15) is 23.2 Å². The smallest absolute Gasteiger partial charge is 0.255 e. The molecule has 0 unspecified atom stereocenters. The van der Waals surface area contributed by atoms with Crippen molar-refractivity contribution in [2.75, 3.05) is 13.2 Å². The summed E-state index contributed by atoms with van der Waals surface area (Å²) >= 11 is 3.79. The first-order valence-corrected chi connectivity index (χ1v) is 6.84. The fraction of sp³-hybridized carbons (Fsp3) is 0.500. The highest BCUT2D eigenvalue weighted by Crippen LogP contribution is 2.23. The largest absolute Gasteiger partial charge is 0.394 e. The molecule has 1 aliphatic heterocycles. The number of carbonyl (C=O) groups excluding carboxylic acids is 1. The second-order valence-corrected chi connectivity index (χ2v) is 6.42. The molecule has 1 amide bonds. The Balaban J connectivity index is 2.13. The van der Waals surface area contributed by atoms with E-state index in [0.717, 1.165) is 27.8 Å². The van der Waals surface area contributed by atoms with Gasteiger partial charge in [0.25, 0.3) is 5.91 Å². The molecule has 0 radical (unpaired) electrons. The number of aliphatic hydroxyl groups is 1. The average Bonchev–Trinajstić information content (AvgIpc) is 2.84. The molecule has 0 aromatic carbocycles. The lowest BCUT2D eigenvalue weighted by Crippen LogP contribution is -2.37. The number of amides is 1. The Hall–Kier alpha value is -0.140. The third kappa shape index (κ3) is 2.34. The van der Waals surface area contributed by atoms with Gasteiger partial charge in [-0.3, -0.25) is 4.79 Å². The fourth-order valence-corrected chi connectivity index (χ4v) is 3.20. The Morgan fingerprint density at radius 2 is 2.53 bits per heavy atom. The van der Waals surface area contributed by atoms with E-state index in [4.69, 9.17) is 5.11 Å². The zero-order valence-electron chi connectivity index (χ0n) is 8.15. The highest BCUT2D eigenvalue weighted by molar-refractivity contribution is 14.1. The fourth-order valence-electron chi connectivity index (χ4n) is 1.88. The van der Waals surface area contributed by atoms with Crippen LogP contribution in [0.5, 0.6) is 0 Å². The van der Waals surface area contributed by atoms with Crippen LogP contribution in [0.15, 0.2) is 11.4 Å². The van der Waals surface area contributed by atoms with Gasteiger partial charge in [-0.15, -0.1) is 11.3 Å². The van der Waals surface area contributed by atoms with Crippen LogP contribution in [0.25, 0.3) is 0 Å². The van der Waals surface area contributed by atoms with Crippen LogP contribution >= 0.6 is 33.9 Å². The number of carbonyl (C=O) groups is 1. The normalized spacial score (nSPS) is 20.9. The summed E-state index contributed by atoms with van der Waals surface area (Å²) in [5.74, 6) is 0.0608. The van der Waals surface area contributed by atoms with Crippen molar-refractivity contribution in [3.8, 4) is 0 Å². The molecule has 1 N–H and O–H groups in total. The van der Waals surface area contributed by atoms with E-state index >= 15 is 0 Å². The summed E-state index contributed by atoms with van der Waals surface area (Å²) in [5, 5.41) is 11.0. The highest BCUT2D eigenvalue weighted by atomic mass is 127. The third-order valence-electron chi connectivity index (χ3n) is 2.66. The SMILES string of the molecule is O=C(c1csc(I)c1)N1CCC[C@H]1CO. The van der Waals surface area contributed by atoms with Gasteiger partial charge in [0, 0.05) is 11.9 Å². The summed E-state index contributed by atoms with van der Waals surface area (Å²) in [7, 11) is 0. The van der Waals surface area contributed by atoms with Gasteiger partial charge in [-0.25, -0.2) is 0 Å². The molecule has 5 heteroatoms. The van der Waals surface area contributed by atoms with Crippen molar-refractivity contribution >= 4 is 39.8 Å². The van der Waals surface area contributed by atoms with E-state index in [2.05, 4.69) is 22.6 Å². The van der Waals surface area contributed by atoms with Crippen molar-refractivity contribution in [3.63, 3.8) is 0 Å². The van der Waals surface area contributed by atoms with Gasteiger partial charge in [-0.1, -0.05) is 0 Å². The van der Waals surface area contributed by atoms with Crippen molar-refractivity contribution in [2.24, 2.45) is 0 Å². The van der Waals surface area contributed by atoms with Gasteiger partial charge in [0.15, 0.2) is 0 Å². The summed E-state index contributed by atoms with van der Waals surface area (Å²) in [6, 6.07) is 1.93. The lowest BCUT2D eigenvalue weighted by Gasteiger charge is -2.22. The van der Waals surface area contributed by atoms with Crippen molar-refractivity contribution in [1.29, 1.82) is 0 Å². The van der Waals surface area contributed by atoms with E-state index in [9.17, 15) is 4.79 Å². The first kappa shape index (κ1) is 11.3. The van der Waals surface area contributed by atoms with Gasteiger partial charge in [-0.2, -0.15) is 0 Å². The molecule has 15 heavy (non-hydrogen) atoms. The van der Waals surface area contributed by atoms with Crippen LogP contribution in [-0.4, -0.2) is 35.1 Å². The van der Waals surface area contributed by atoms with Crippen LogP contribution in [-0.2, 0) is 0 Å². The summed E-state index contributed by atoms with van der Waals surface area (Å²) in [4.78, 5) is 13.8. The van der Waals surface area contributed by atoms with Gasteiger partial charge in [0.2, 0.25) is 0 Å². The number of thiophene rings is 1. The average molecular weight is 337 g/mol. The highest BCUT2D eigenvalue weighted by Gasteiger charge is 2.28. The predicted octanol–water partition coefficient (Wildman–Crippen LogP) is 1.95. The topological polar surface area (TPSA) is 40.5 Å². The maximum absolute atomic E-state index is 12.0. The van der Waals surface area contributed by atoms with Crippen molar-refractivity contribution < 1.29 is 9.90 Å². The number of likely N-dealkylation sites (tertiary alicyclic amines) is 1. The molecule has 0 spiro atoms. The molecule has 1 atom stereocenters. The number of halogens is 1. The zero-order valence-corrected chi connectivity index (χ0v) is 11.1. The minimum Gasteiger partial charge on any atom is -0.394 e. The lowest BCUT2D eigenvalue weighted by molar-refractivity contribution is 0.0678. The van der Waals surface area contributed by atoms with Crippen LogP contribution in [0.2, 0.25) is 0 Å². The van der Waals surface area contributed by atoms with Crippen molar-refractivity contribution in [2.45, 2.75) is 18.9 Å². The molecule has 2 rings (SSSR count). The minimum atomic E-state index is 0.0232. The lowest BCUT2D eigenvalue weighted by atomic mass is 10.2. The summed E-state index contributed by atoms with van der Waals surface area (Å²) < 4.78 is 1.12. The molecule has 2 heterocycles. The Bertz CT molecular complexity index is 366. The van der Waals surface area contributed by atoms with E-state index in [1.54, 1.807) is 16.2 Å². The van der Waals surface area contributed by atoms with Gasteiger partial charge in [0.05, 0.1) is 21.1 Å². The number of hydrogen-bond donors (Lipinski definition) is 1. The van der Waals surface area contributed by atoms with E-state index < -0.39 is 0 Å². The van der Waals surface area contributed by atoms with Gasteiger partial charge < -0.3 is 10.0 Å². The molecule has 0 saturated carbocycles. The van der Waals surface area contributed by atoms with Crippen LogP contribution in [0, 0.1) is 2.88 Å². The number of nitrogens with zero attached hydrogens (tertiary/aromatic N) is 1. The molecule has 0 bridgehead atoms. The molecule has 0 aliphatic carbocycles. The van der Waals surface area contributed by atoms with E-state index in [0.29, 0.717) is 0 Å². The summed E-state index contributed by atoms with van der Waals surface area (Å²) in [6.07, 6.45) is 1.92. The van der Waals surface area contributed by atoms with Crippen LogP contribution < -0.4 is 0 Å². The van der Waals surface area contributed by atoms with Crippen LogP contribution in [0.3, 0.4) is 0 Å². The van der Waals surface area contributed by atoms with Crippen molar-refractivity contribution in [3.05, 3.63) is 19.9 Å². The second-order valence-electron chi connectivity index (χ2n) is 3.62. The van der Waals surface area contributed by atoms with E-state index in [-0.39, 0.29) is 18.6 Å². The van der Waals surface area contributed by atoms with E-state index in [1.807, 2.05) is 11.4 Å². The maximum atomic E-state index is 12.0. The van der Waals surface area contributed by atoms with E-state index in [1.165, 1.54) is 0 Å². The first-order valence-electron chi connectivity index (χ1n) is 4.88. The summed E-state index contributed by atoms with van der Waals surface area (Å²) in [6.45, 7) is 0.851. The zero-order chi connectivity index (χ0) is 10.8. The minimum absolute atomic E-state index is 0.0232.